The van der Waals surface area contributed by atoms with Gasteiger partial charge in [-0.3, -0.25) is 9.52 Å². The summed E-state index contributed by atoms with van der Waals surface area (Å²) in [5.74, 6) is -1.46. The largest absolute Gasteiger partial charge is 0.478 e. The molecule has 0 saturated heterocycles. The molecule has 2 aromatic rings. The number of carbonyl (C=O) groups is 2. The molecule has 0 amide bonds. The maximum Gasteiger partial charge on any atom is 0.337 e. The van der Waals surface area contributed by atoms with Crippen molar-refractivity contribution in [1.29, 1.82) is 0 Å². The molecule has 0 bridgehead atoms. The average Bonchev–Trinajstić information content (AvgIpc) is 2.47. The Morgan fingerprint density at radius 3 is 2.22 bits per heavy atom. The third kappa shape index (κ3) is 3.88. The molecule has 0 fully saturated rings. The maximum absolute atomic E-state index is 12.3. The van der Waals surface area contributed by atoms with Gasteiger partial charge in [-0.2, -0.15) is 0 Å². The number of Topliss-reactive ketones (excluding diaryl/α,β-unsaturated/α-hetero) is 1. The highest BCUT2D eigenvalue weighted by Crippen LogP contribution is 2.22. The smallest absolute Gasteiger partial charge is 0.337 e. The molecule has 0 unspecified atom stereocenters. The van der Waals surface area contributed by atoms with Gasteiger partial charge >= 0.3 is 5.97 Å². The van der Waals surface area contributed by atoms with Crippen molar-refractivity contribution in [1.82, 2.24) is 0 Å². The van der Waals surface area contributed by atoms with Gasteiger partial charge in [-0.15, -0.1) is 0 Å². The molecule has 0 aromatic heterocycles. The van der Waals surface area contributed by atoms with Crippen molar-refractivity contribution < 1.29 is 23.1 Å². The second-order valence-electron chi connectivity index (χ2n) is 4.69. The van der Waals surface area contributed by atoms with Gasteiger partial charge in [-0.1, -0.05) is 11.6 Å². The number of sulfonamides is 1. The number of carbonyl (C=O) groups excluding carboxylic acids is 1. The molecule has 0 atom stereocenters. The van der Waals surface area contributed by atoms with E-state index in [-0.39, 0.29) is 27.0 Å². The first kappa shape index (κ1) is 17.0. The van der Waals surface area contributed by atoms with Crippen LogP contribution in [0, 0.1) is 0 Å². The summed E-state index contributed by atoms with van der Waals surface area (Å²) in [6.07, 6.45) is 0. The number of anilines is 1. The summed E-state index contributed by atoms with van der Waals surface area (Å²) < 4.78 is 26.9. The highest BCUT2D eigenvalue weighted by molar-refractivity contribution is 7.92. The van der Waals surface area contributed by atoms with Gasteiger partial charge in [0.2, 0.25) is 0 Å². The summed E-state index contributed by atoms with van der Waals surface area (Å²) in [6.45, 7) is 1.40. The summed E-state index contributed by atoms with van der Waals surface area (Å²) in [7, 11) is -3.98. The molecule has 2 rings (SSSR count). The van der Waals surface area contributed by atoms with Crippen LogP contribution in [0.5, 0.6) is 0 Å². The molecule has 6 nitrogen and oxygen atoms in total. The van der Waals surface area contributed by atoms with Gasteiger partial charge in [0.05, 0.1) is 15.5 Å². The number of halogens is 1. The van der Waals surface area contributed by atoms with Crippen molar-refractivity contribution in [3.8, 4) is 0 Å². The van der Waals surface area contributed by atoms with Crippen LogP contribution >= 0.6 is 11.6 Å². The first-order chi connectivity index (χ1) is 10.7. The number of hydrogen-bond acceptors (Lipinski definition) is 4. The lowest BCUT2D eigenvalue weighted by Crippen LogP contribution is -2.14. The highest BCUT2D eigenvalue weighted by atomic mass is 35.5. The number of aromatic carboxylic acids is 1. The van der Waals surface area contributed by atoms with Crippen molar-refractivity contribution in [3.63, 3.8) is 0 Å². The molecule has 2 aromatic carbocycles. The summed E-state index contributed by atoms with van der Waals surface area (Å²) in [5, 5.41) is 8.94. The Bertz CT molecular complexity index is 875. The van der Waals surface area contributed by atoms with E-state index in [0.29, 0.717) is 5.56 Å². The van der Waals surface area contributed by atoms with E-state index in [1.165, 1.54) is 43.3 Å². The standard InChI is InChI=1S/C15H12ClNO5S/c1-9(18)10-2-4-11(5-3-10)17-23(21,22)12-6-7-14(16)13(8-12)15(19)20/h2-8,17H,1H3,(H,19,20). The number of hydrogen-bond donors (Lipinski definition) is 2. The quantitative estimate of drug-likeness (QED) is 0.804. The predicted molar refractivity (Wildman–Crippen MR) is 85.7 cm³/mol. The van der Waals surface area contributed by atoms with Crippen LogP contribution in [0.4, 0.5) is 5.69 Å². The predicted octanol–water partition coefficient (Wildman–Crippen LogP) is 3.04. The molecule has 0 spiro atoms. The Hall–Kier alpha value is -2.38. The molecule has 2 N–H and O–H groups in total. The summed E-state index contributed by atoms with van der Waals surface area (Å²) in [4.78, 5) is 22.0. The van der Waals surface area contributed by atoms with E-state index in [0.717, 1.165) is 6.07 Å². The minimum absolute atomic E-state index is 0.0535. The van der Waals surface area contributed by atoms with Crippen molar-refractivity contribution in [2.75, 3.05) is 4.72 Å². The normalized spacial score (nSPS) is 11.0. The minimum Gasteiger partial charge on any atom is -0.478 e. The first-order valence-corrected chi connectivity index (χ1v) is 8.23. The Morgan fingerprint density at radius 2 is 1.70 bits per heavy atom. The van der Waals surface area contributed by atoms with E-state index in [1.807, 2.05) is 0 Å². The van der Waals surface area contributed by atoms with Crippen molar-refractivity contribution in [2.24, 2.45) is 0 Å². The van der Waals surface area contributed by atoms with Crippen molar-refractivity contribution in [3.05, 3.63) is 58.6 Å². The topological polar surface area (TPSA) is 101 Å². The van der Waals surface area contributed by atoms with Crippen LogP contribution in [0.3, 0.4) is 0 Å². The lowest BCUT2D eigenvalue weighted by atomic mass is 10.1. The van der Waals surface area contributed by atoms with Crippen molar-refractivity contribution in [2.45, 2.75) is 11.8 Å². The Labute approximate surface area is 137 Å². The van der Waals surface area contributed by atoms with Gasteiger partial charge < -0.3 is 5.11 Å². The molecule has 0 aliphatic carbocycles. The second-order valence-corrected chi connectivity index (χ2v) is 6.78. The SMILES string of the molecule is CC(=O)c1ccc(NS(=O)(=O)c2ccc(Cl)c(C(=O)O)c2)cc1. The van der Waals surface area contributed by atoms with Gasteiger partial charge in [0.25, 0.3) is 10.0 Å². The minimum atomic E-state index is -3.98. The van der Waals surface area contributed by atoms with Crippen LogP contribution in [0.15, 0.2) is 47.4 Å². The Kier molecular flexibility index (Phi) is 4.72. The molecule has 0 aliphatic heterocycles. The van der Waals surface area contributed by atoms with E-state index >= 15 is 0 Å². The molecular weight excluding hydrogens is 342 g/mol. The fourth-order valence-corrected chi connectivity index (χ4v) is 3.11. The van der Waals surface area contributed by atoms with Gasteiger partial charge in [-0.05, 0) is 49.4 Å². The van der Waals surface area contributed by atoms with Crippen LogP contribution in [-0.2, 0) is 10.0 Å². The van der Waals surface area contributed by atoms with Crippen LogP contribution in [0.1, 0.15) is 27.6 Å². The van der Waals surface area contributed by atoms with Crippen LogP contribution in [0.25, 0.3) is 0 Å². The zero-order valence-corrected chi connectivity index (χ0v) is 13.5. The summed E-state index contributed by atoms with van der Waals surface area (Å²) in [5.41, 5.74) is 0.399. The van der Waals surface area contributed by atoms with Crippen LogP contribution in [-0.4, -0.2) is 25.3 Å². The van der Waals surface area contributed by atoms with Crippen LogP contribution < -0.4 is 4.72 Å². The highest BCUT2D eigenvalue weighted by Gasteiger charge is 2.18. The van der Waals surface area contributed by atoms with Gasteiger partial charge in [0.1, 0.15) is 0 Å². The fraction of sp³-hybridized carbons (Fsp3) is 0.0667. The molecule has 0 saturated carbocycles. The number of benzene rings is 2. The molecule has 120 valence electrons. The fourth-order valence-electron chi connectivity index (χ4n) is 1.82. The molecule has 0 radical (unpaired) electrons. The molecule has 23 heavy (non-hydrogen) atoms. The Morgan fingerprint density at radius 1 is 1.09 bits per heavy atom. The van der Waals surface area contributed by atoms with E-state index in [1.54, 1.807) is 0 Å². The zero-order valence-electron chi connectivity index (χ0n) is 11.9. The number of nitrogens with one attached hydrogen (secondary N) is 1. The summed E-state index contributed by atoms with van der Waals surface area (Å²) >= 11 is 5.72. The van der Waals surface area contributed by atoms with Crippen molar-refractivity contribution >= 4 is 39.1 Å². The van der Waals surface area contributed by atoms with Gasteiger partial charge in [-0.25, -0.2) is 13.2 Å². The van der Waals surface area contributed by atoms with Gasteiger partial charge in [0.15, 0.2) is 5.78 Å². The van der Waals surface area contributed by atoms with E-state index in [2.05, 4.69) is 4.72 Å². The molecule has 0 aliphatic rings. The summed E-state index contributed by atoms with van der Waals surface area (Å²) in [6, 6.07) is 9.27. The third-order valence-corrected chi connectivity index (χ3v) is 4.73. The lowest BCUT2D eigenvalue weighted by molar-refractivity contribution is 0.0696. The number of rotatable bonds is 5. The third-order valence-electron chi connectivity index (χ3n) is 3.02. The number of carboxylic acids is 1. The van der Waals surface area contributed by atoms with E-state index in [4.69, 9.17) is 16.7 Å². The van der Waals surface area contributed by atoms with E-state index < -0.39 is 16.0 Å². The molecular formula is C15H12ClNO5S. The average molecular weight is 354 g/mol. The van der Waals surface area contributed by atoms with E-state index in [9.17, 15) is 18.0 Å². The first-order valence-electron chi connectivity index (χ1n) is 6.37. The molecule has 8 heteroatoms. The second kappa shape index (κ2) is 6.39. The van der Waals surface area contributed by atoms with Crippen LogP contribution in [0.2, 0.25) is 5.02 Å². The maximum atomic E-state index is 12.3. The zero-order chi connectivity index (χ0) is 17.2. The Balaban J connectivity index is 2.33. The molecule has 0 heterocycles. The van der Waals surface area contributed by atoms with Gasteiger partial charge in [0, 0.05) is 11.3 Å². The monoisotopic (exact) mass is 353 g/mol. The number of ketones is 1. The lowest BCUT2D eigenvalue weighted by Gasteiger charge is -2.09. The number of carboxylic acid groups (broad SMARTS) is 1.